The summed E-state index contributed by atoms with van der Waals surface area (Å²) < 4.78 is 27.7. The largest absolute Gasteiger partial charge is 0.326 e. The fraction of sp³-hybridized carbons (Fsp3) is 0.118. The number of hydrogen-bond acceptors (Lipinski definition) is 6. The fourth-order valence-corrected chi connectivity index (χ4v) is 4.65. The number of benzene rings is 2. The summed E-state index contributed by atoms with van der Waals surface area (Å²) in [7, 11) is -2.36. The predicted octanol–water partition coefficient (Wildman–Crippen LogP) is 3.75. The number of carbonyl (C=O) groups excluding carboxylic acids is 1. The minimum absolute atomic E-state index is 0.0968. The average Bonchev–Trinajstić information content (AvgIpc) is 3.11. The molecule has 0 aliphatic heterocycles. The van der Waals surface area contributed by atoms with Crippen LogP contribution in [0.5, 0.6) is 0 Å². The molecular weight excluding hydrogens is 452 g/mol. The molecule has 0 spiro atoms. The van der Waals surface area contributed by atoms with Gasteiger partial charge in [0.25, 0.3) is 10.0 Å². The number of nitrogens with one attached hydrogen (secondary N) is 1. The highest BCUT2D eigenvalue weighted by atomic mass is 79.9. The van der Waals surface area contributed by atoms with Gasteiger partial charge in [0.2, 0.25) is 11.0 Å². The van der Waals surface area contributed by atoms with E-state index in [0.29, 0.717) is 10.7 Å². The Balaban J connectivity index is 1.85. The van der Waals surface area contributed by atoms with Crippen LogP contribution in [0.1, 0.15) is 6.92 Å². The lowest BCUT2D eigenvalue weighted by Crippen LogP contribution is -2.26. The van der Waals surface area contributed by atoms with Crippen LogP contribution in [0, 0.1) is 0 Å². The predicted molar refractivity (Wildman–Crippen MR) is 109 cm³/mol. The second kappa shape index (κ2) is 7.75. The Kier molecular flexibility index (Phi) is 5.59. The van der Waals surface area contributed by atoms with E-state index in [2.05, 4.69) is 31.4 Å². The number of amides is 1. The maximum Gasteiger partial charge on any atom is 0.265 e. The van der Waals surface area contributed by atoms with Crippen LogP contribution in [-0.2, 0) is 14.8 Å². The van der Waals surface area contributed by atoms with E-state index in [0.717, 1.165) is 14.3 Å². The molecule has 7 nitrogen and oxygen atoms in total. The van der Waals surface area contributed by atoms with Crippen LogP contribution in [0.25, 0.3) is 10.6 Å². The minimum atomic E-state index is -3.79. The van der Waals surface area contributed by atoms with Gasteiger partial charge in [0.15, 0.2) is 0 Å². The highest BCUT2D eigenvalue weighted by molar-refractivity contribution is 9.10. The Morgan fingerprint density at radius 1 is 1.07 bits per heavy atom. The minimum Gasteiger partial charge on any atom is -0.326 e. The quantitative estimate of drug-likeness (QED) is 0.617. The highest BCUT2D eigenvalue weighted by Crippen LogP contribution is 2.31. The van der Waals surface area contributed by atoms with Gasteiger partial charge in [0.05, 0.1) is 4.90 Å². The van der Waals surface area contributed by atoms with Crippen LogP contribution in [0.2, 0.25) is 0 Å². The maximum atomic E-state index is 12.8. The molecule has 140 valence electrons. The molecule has 0 unspecified atom stereocenters. The van der Waals surface area contributed by atoms with Crippen molar-refractivity contribution >= 4 is 54.0 Å². The molecule has 1 aromatic heterocycles. The first kappa shape index (κ1) is 19.5. The molecule has 3 aromatic rings. The number of anilines is 2. The van der Waals surface area contributed by atoms with Gasteiger partial charge in [-0.1, -0.05) is 39.4 Å². The number of hydrogen-bond donors (Lipinski definition) is 1. The van der Waals surface area contributed by atoms with E-state index in [1.54, 1.807) is 0 Å². The summed E-state index contributed by atoms with van der Waals surface area (Å²) in [6, 6.07) is 13.5. The molecule has 0 aliphatic carbocycles. The zero-order valence-corrected chi connectivity index (χ0v) is 17.6. The Labute approximate surface area is 169 Å². The van der Waals surface area contributed by atoms with E-state index >= 15 is 0 Å². The second-order valence-electron chi connectivity index (χ2n) is 5.57. The zero-order valence-electron chi connectivity index (χ0n) is 14.4. The number of halogens is 1. The molecule has 1 N–H and O–H groups in total. The van der Waals surface area contributed by atoms with Crippen molar-refractivity contribution in [3.8, 4) is 10.6 Å². The van der Waals surface area contributed by atoms with Crippen molar-refractivity contribution in [1.29, 1.82) is 0 Å². The summed E-state index contributed by atoms with van der Waals surface area (Å²) in [5.74, 6) is -0.225. The molecule has 3 rings (SSSR count). The molecule has 2 aromatic carbocycles. The molecule has 0 saturated heterocycles. The Morgan fingerprint density at radius 2 is 1.70 bits per heavy atom. The molecule has 0 atom stereocenters. The lowest BCUT2D eigenvalue weighted by atomic mass is 10.2. The molecule has 27 heavy (non-hydrogen) atoms. The summed E-state index contributed by atoms with van der Waals surface area (Å²) >= 11 is 4.56. The summed E-state index contributed by atoms with van der Waals surface area (Å²) in [5.41, 5.74) is 1.38. The summed E-state index contributed by atoms with van der Waals surface area (Å²) in [5, 5.41) is 11.6. The number of aromatic nitrogens is 2. The van der Waals surface area contributed by atoms with Gasteiger partial charge in [0, 0.05) is 29.7 Å². The number of carbonyl (C=O) groups is 1. The molecule has 10 heteroatoms. The van der Waals surface area contributed by atoms with Gasteiger partial charge in [-0.3, -0.25) is 4.79 Å². The average molecular weight is 467 g/mol. The van der Waals surface area contributed by atoms with Crippen molar-refractivity contribution < 1.29 is 13.2 Å². The van der Waals surface area contributed by atoms with Crippen molar-refractivity contribution in [3.63, 3.8) is 0 Å². The van der Waals surface area contributed by atoms with E-state index in [9.17, 15) is 13.2 Å². The van der Waals surface area contributed by atoms with Gasteiger partial charge < -0.3 is 5.32 Å². The van der Waals surface area contributed by atoms with E-state index in [1.807, 2.05) is 24.3 Å². The van der Waals surface area contributed by atoms with Gasteiger partial charge in [-0.15, -0.1) is 10.2 Å². The van der Waals surface area contributed by atoms with Gasteiger partial charge in [-0.05, 0) is 36.4 Å². The Hall–Kier alpha value is -2.30. The molecule has 0 radical (unpaired) electrons. The summed E-state index contributed by atoms with van der Waals surface area (Å²) in [6.45, 7) is 1.39. The van der Waals surface area contributed by atoms with Crippen LogP contribution >= 0.6 is 27.3 Å². The number of nitrogens with zero attached hydrogens (tertiary/aromatic N) is 3. The van der Waals surface area contributed by atoms with Gasteiger partial charge in [0.1, 0.15) is 5.01 Å². The van der Waals surface area contributed by atoms with Crippen molar-refractivity contribution in [1.82, 2.24) is 10.2 Å². The lowest BCUT2D eigenvalue weighted by Gasteiger charge is -2.15. The third-order valence-electron chi connectivity index (χ3n) is 3.61. The van der Waals surface area contributed by atoms with Crippen LogP contribution in [0.3, 0.4) is 0 Å². The third kappa shape index (κ3) is 4.34. The van der Waals surface area contributed by atoms with Crippen LogP contribution in [0.15, 0.2) is 57.9 Å². The molecular formula is C17H15BrN4O3S2. The summed E-state index contributed by atoms with van der Waals surface area (Å²) in [4.78, 5) is 11.2. The molecule has 0 saturated carbocycles. The Bertz CT molecular complexity index is 1060. The van der Waals surface area contributed by atoms with Crippen molar-refractivity contribution in [2.24, 2.45) is 0 Å². The molecule has 1 amide bonds. The molecule has 0 bridgehead atoms. The van der Waals surface area contributed by atoms with Crippen molar-refractivity contribution in [3.05, 3.63) is 53.0 Å². The van der Waals surface area contributed by atoms with Crippen LogP contribution in [0.4, 0.5) is 10.8 Å². The standard InChI is InChI=1S/C17H15BrN4O3S2/c1-11(23)19-14-7-9-15(10-8-14)27(24,25)22(2)17-21-20-16(26-17)12-3-5-13(18)6-4-12/h3-10H,1-2H3,(H,19,23). The maximum absolute atomic E-state index is 12.8. The molecule has 0 fully saturated rings. The second-order valence-corrected chi connectivity index (χ2v) is 9.42. The van der Waals surface area contributed by atoms with Crippen LogP contribution in [-0.4, -0.2) is 31.6 Å². The Morgan fingerprint density at radius 3 is 2.30 bits per heavy atom. The first-order chi connectivity index (χ1) is 12.8. The lowest BCUT2D eigenvalue weighted by molar-refractivity contribution is -0.114. The van der Waals surface area contributed by atoms with Crippen molar-refractivity contribution in [2.75, 3.05) is 16.7 Å². The van der Waals surface area contributed by atoms with E-state index < -0.39 is 10.0 Å². The van der Waals surface area contributed by atoms with Crippen molar-refractivity contribution in [2.45, 2.75) is 11.8 Å². The van der Waals surface area contributed by atoms with E-state index in [1.165, 1.54) is 49.6 Å². The zero-order chi connectivity index (χ0) is 19.6. The molecule has 0 aliphatic rings. The third-order valence-corrected chi connectivity index (χ3v) is 7.06. The number of sulfonamides is 1. The molecule has 1 heterocycles. The van der Waals surface area contributed by atoms with E-state index in [-0.39, 0.29) is 15.9 Å². The normalized spacial score (nSPS) is 11.2. The SMILES string of the molecule is CC(=O)Nc1ccc(S(=O)(=O)N(C)c2nnc(-c3ccc(Br)cc3)s2)cc1. The van der Waals surface area contributed by atoms with Crippen LogP contribution < -0.4 is 9.62 Å². The number of rotatable bonds is 5. The van der Waals surface area contributed by atoms with Gasteiger partial charge in [-0.25, -0.2) is 12.7 Å². The first-order valence-corrected chi connectivity index (χ1v) is 10.8. The van der Waals surface area contributed by atoms with Gasteiger partial charge >= 0.3 is 0 Å². The van der Waals surface area contributed by atoms with Gasteiger partial charge in [-0.2, -0.15) is 0 Å². The fourth-order valence-electron chi connectivity index (χ4n) is 2.23. The van der Waals surface area contributed by atoms with E-state index in [4.69, 9.17) is 0 Å². The summed E-state index contributed by atoms with van der Waals surface area (Å²) in [6.07, 6.45) is 0. The smallest absolute Gasteiger partial charge is 0.265 e. The highest BCUT2D eigenvalue weighted by Gasteiger charge is 2.24. The first-order valence-electron chi connectivity index (χ1n) is 7.73. The monoisotopic (exact) mass is 466 g/mol. The topological polar surface area (TPSA) is 92.3 Å².